The van der Waals surface area contributed by atoms with Crippen LogP contribution in [0.4, 0.5) is 0 Å². The lowest BCUT2D eigenvalue weighted by Crippen LogP contribution is -2.13. The molecule has 1 aromatic carbocycles. The van der Waals surface area contributed by atoms with Gasteiger partial charge in [-0.2, -0.15) is 0 Å². The number of hydrogen-bond acceptors (Lipinski definition) is 2. The van der Waals surface area contributed by atoms with Crippen molar-refractivity contribution in [2.75, 3.05) is 13.2 Å². The lowest BCUT2D eigenvalue weighted by molar-refractivity contribution is 0.0547. The van der Waals surface area contributed by atoms with Gasteiger partial charge in [-0.15, -0.1) is 0 Å². The third-order valence-corrected chi connectivity index (χ3v) is 3.10. The van der Waals surface area contributed by atoms with E-state index < -0.39 is 0 Å². The normalized spacial score (nSPS) is 11.6. The van der Waals surface area contributed by atoms with Crippen molar-refractivity contribution >= 4 is 0 Å². The predicted octanol–water partition coefficient (Wildman–Crippen LogP) is 4.74. The molecule has 0 spiro atoms. The van der Waals surface area contributed by atoms with Gasteiger partial charge in [0.2, 0.25) is 0 Å². The van der Waals surface area contributed by atoms with Crippen molar-refractivity contribution in [2.45, 2.75) is 59.5 Å². The highest BCUT2D eigenvalue weighted by Gasteiger charge is 2.14. The zero-order valence-corrected chi connectivity index (χ0v) is 13.2. The molecule has 108 valence electrons. The van der Waals surface area contributed by atoms with Crippen LogP contribution in [0.5, 0.6) is 5.75 Å². The summed E-state index contributed by atoms with van der Waals surface area (Å²) >= 11 is 0. The van der Waals surface area contributed by atoms with Crippen LogP contribution in [0.3, 0.4) is 0 Å². The lowest BCUT2D eigenvalue weighted by atomic mass is 9.94. The Balaban J connectivity index is 2.83. The minimum atomic E-state index is 0.258. The zero-order chi connectivity index (χ0) is 14.4. The summed E-state index contributed by atoms with van der Waals surface area (Å²) in [7, 11) is 0. The van der Waals surface area contributed by atoms with Crippen LogP contribution in [0.2, 0.25) is 0 Å². The van der Waals surface area contributed by atoms with Gasteiger partial charge in [0.15, 0.2) is 0 Å². The van der Waals surface area contributed by atoms with Crippen molar-refractivity contribution < 1.29 is 9.47 Å². The van der Waals surface area contributed by atoms with E-state index in [4.69, 9.17) is 9.47 Å². The molecule has 0 atom stereocenters. The summed E-state index contributed by atoms with van der Waals surface area (Å²) in [5.41, 5.74) is 2.58. The fourth-order valence-corrected chi connectivity index (χ4v) is 2.08. The van der Waals surface area contributed by atoms with E-state index in [2.05, 4.69) is 45.9 Å². The van der Waals surface area contributed by atoms with Gasteiger partial charge in [-0.05, 0) is 36.8 Å². The summed E-state index contributed by atoms with van der Waals surface area (Å²) in [6.07, 6.45) is 0.258. The van der Waals surface area contributed by atoms with E-state index in [0.29, 0.717) is 25.0 Å². The molecule has 1 rings (SSSR count). The second kappa shape index (κ2) is 7.54. The molecule has 0 unspecified atom stereocenters. The average Bonchev–Trinajstić information content (AvgIpc) is 2.33. The van der Waals surface area contributed by atoms with Crippen LogP contribution >= 0.6 is 0 Å². The molecule has 0 aromatic heterocycles. The molecule has 1 aromatic rings. The highest BCUT2D eigenvalue weighted by molar-refractivity contribution is 5.44. The SMILES string of the molecule is CC(C)OCCOc1c(C(C)C)cccc1C(C)C. The monoisotopic (exact) mass is 264 g/mol. The van der Waals surface area contributed by atoms with Gasteiger partial charge < -0.3 is 9.47 Å². The minimum absolute atomic E-state index is 0.258. The molecule has 2 nitrogen and oxygen atoms in total. The van der Waals surface area contributed by atoms with Crippen LogP contribution < -0.4 is 4.74 Å². The fraction of sp³-hybridized carbons (Fsp3) is 0.647. The first-order valence-electron chi connectivity index (χ1n) is 7.30. The summed E-state index contributed by atoms with van der Waals surface area (Å²) < 4.78 is 11.6. The largest absolute Gasteiger partial charge is 0.491 e. The molecule has 0 aliphatic heterocycles. The van der Waals surface area contributed by atoms with E-state index in [1.54, 1.807) is 0 Å². The number of ether oxygens (including phenoxy) is 2. The van der Waals surface area contributed by atoms with Crippen molar-refractivity contribution in [3.8, 4) is 5.75 Å². The molecule has 0 aliphatic rings. The molecule has 0 bridgehead atoms. The summed E-state index contributed by atoms with van der Waals surface area (Å²) in [5.74, 6) is 2.00. The van der Waals surface area contributed by atoms with E-state index in [9.17, 15) is 0 Å². The van der Waals surface area contributed by atoms with Gasteiger partial charge in [0.1, 0.15) is 12.4 Å². The summed E-state index contributed by atoms with van der Waals surface area (Å²) in [6, 6.07) is 6.45. The van der Waals surface area contributed by atoms with Crippen molar-refractivity contribution in [1.29, 1.82) is 0 Å². The Labute approximate surface area is 118 Å². The Hall–Kier alpha value is -1.02. The standard InChI is InChI=1S/C17H28O2/c1-12(2)15-8-7-9-16(13(3)4)17(15)19-11-10-18-14(5)6/h7-9,12-14H,10-11H2,1-6H3. The molecule has 19 heavy (non-hydrogen) atoms. The van der Waals surface area contributed by atoms with Gasteiger partial charge >= 0.3 is 0 Å². The number of rotatable bonds is 7. The first-order valence-corrected chi connectivity index (χ1v) is 7.30. The van der Waals surface area contributed by atoms with Crippen molar-refractivity contribution in [2.24, 2.45) is 0 Å². The average molecular weight is 264 g/mol. The first kappa shape index (κ1) is 16.0. The topological polar surface area (TPSA) is 18.5 Å². The van der Waals surface area contributed by atoms with E-state index in [0.717, 1.165) is 5.75 Å². The van der Waals surface area contributed by atoms with E-state index in [1.807, 2.05) is 13.8 Å². The third kappa shape index (κ3) is 4.87. The highest BCUT2D eigenvalue weighted by Crippen LogP contribution is 2.34. The molecule has 0 saturated heterocycles. The van der Waals surface area contributed by atoms with Crippen LogP contribution in [0.25, 0.3) is 0 Å². The highest BCUT2D eigenvalue weighted by atomic mass is 16.5. The minimum Gasteiger partial charge on any atom is -0.491 e. The molecule has 2 heteroatoms. The molecule has 0 heterocycles. The molecule has 0 radical (unpaired) electrons. The Morgan fingerprint density at radius 1 is 0.842 bits per heavy atom. The lowest BCUT2D eigenvalue weighted by Gasteiger charge is -2.20. The second-order valence-corrected chi connectivity index (χ2v) is 5.84. The van der Waals surface area contributed by atoms with Crippen molar-refractivity contribution in [3.05, 3.63) is 29.3 Å². The zero-order valence-electron chi connectivity index (χ0n) is 13.2. The van der Waals surface area contributed by atoms with Crippen LogP contribution in [0.1, 0.15) is 64.5 Å². The van der Waals surface area contributed by atoms with Crippen molar-refractivity contribution in [3.63, 3.8) is 0 Å². The van der Waals surface area contributed by atoms with E-state index >= 15 is 0 Å². The Morgan fingerprint density at radius 2 is 1.37 bits per heavy atom. The maximum atomic E-state index is 6.02. The molecule has 0 amide bonds. The summed E-state index contributed by atoms with van der Waals surface area (Å²) in [5, 5.41) is 0. The third-order valence-electron chi connectivity index (χ3n) is 3.10. The van der Waals surface area contributed by atoms with Crippen molar-refractivity contribution in [1.82, 2.24) is 0 Å². The van der Waals surface area contributed by atoms with Gasteiger partial charge in [-0.3, -0.25) is 0 Å². The van der Waals surface area contributed by atoms with Crippen LogP contribution in [-0.4, -0.2) is 19.3 Å². The number of benzene rings is 1. The summed E-state index contributed by atoms with van der Waals surface area (Å²) in [4.78, 5) is 0. The Bertz CT molecular complexity index is 355. The smallest absolute Gasteiger partial charge is 0.126 e. The van der Waals surface area contributed by atoms with Gasteiger partial charge in [0.05, 0.1) is 12.7 Å². The Kier molecular flexibility index (Phi) is 6.36. The van der Waals surface area contributed by atoms with Gasteiger partial charge in [0, 0.05) is 0 Å². The fourth-order valence-electron chi connectivity index (χ4n) is 2.08. The van der Waals surface area contributed by atoms with E-state index in [1.165, 1.54) is 11.1 Å². The summed E-state index contributed by atoms with van der Waals surface area (Å²) in [6.45, 7) is 14.2. The van der Waals surface area contributed by atoms with E-state index in [-0.39, 0.29) is 6.10 Å². The first-order chi connectivity index (χ1) is 8.93. The van der Waals surface area contributed by atoms with Gasteiger partial charge in [-0.25, -0.2) is 0 Å². The van der Waals surface area contributed by atoms with Crippen LogP contribution in [0, 0.1) is 0 Å². The number of para-hydroxylation sites is 1. The van der Waals surface area contributed by atoms with Gasteiger partial charge in [-0.1, -0.05) is 45.9 Å². The molecule has 0 saturated carbocycles. The maximum absolute atomic E-state index is 6.02. The molecule has 0 fully saturated rings. The van der Waals surface area contributed by atoms with Crippen LogP contribution in [-0.2, 0) is 4.74 Å². The maximum Gasteiger partial charge on any atom is 0.126 e. The van der Waals surface area contributed by atoms with Crippen LogP contribution in [0.15, 0.2) is 18.2 Å². The molecule has 0 aliphatic carbocycles. The number of hydrogen-bond donors (Lipinski definition) is 0. The second-order valence-electron chi connectivity index (χ2n) is 5.84. The Morgan fingerprint density at radius 3 is 1.79 bits per heavy atom. The molecular formula is C17H28O2. The van der Waals surface area contributed by atoms with Gasteiger partial charge in [0.25, 0.3) is 0 Å². The molecule has 0 N–H and O–H groups in total. The quantitative estimate of drug-likeness (QED) is 0.662. The predicted molar refractivity (Wildman–Crippen MR) is 81.2 cm³/mol. The molecular weight excluding hydrogens is 236 g/mol.